The van der Waals surface area contributed by atoms with Gasteiger partial charge in [0.05, 0.1) is 5.69 Å². The van der Waals surface area contributed by atoms with Crippen molar-refractivity contribution in [1.82, 2.24) is 15.1 Å². The van der Waals surface area contributed by atoms with Crippen molar-refractivity contribution in [2.75, 3.05) is 7.05 Å². The van der Waals surface area contributed by atoms with Crippen LogP contribution in [0.5, 0.6) is 0 Å². The molecule has 0 saturated carbocycles. The highest BCUT2D eigenvalue weighted by Gasteiger charge is 2.25. The zero-order chi connectivity index (χ0) is 10.8. The first-order valence-corrected chi connectivity index (χ1v) is 5.13. The molecule has 0 aliphatic rings. The van der Waals surface area contributed by atoms with Crippen molar-refractivity contribution in [3.63, 3.8) is 0 Å². The van der Waals surface area contributed by atoms with Gasteiger partial charge in [-0.15, -0.1) is 0 Å². The molecule has 0 aromatic carbocycles. The summed E-state index contributed by atoms with van der Waals surface area (Å²) in [5.41, 5.74) is 1.31. The second kappa shape index (κ2) is 4.13. The van der Waals surface area contributed by atoms with E-state index in [1.54, 1.807) is 0 Å². The van der Waals surface area contributed by atoms with Gasteiger partial charge in [0.25, 0.3) is 0 Å². The molecule has 3 nitrogen and oxygen atoms in total. The SMILES string of the molecule is CNC(C)CC(C)(C)c1ccn(C)n1. The Bertz CT molecular complexity index is 288. The van der Waals surface area contributed by atoms with Gasteiger partial charge >= 0.3 is 0 Å². The first kappa shape index (κ1) is 11.2. The van der Waals surface area contributed by atoms with Gasteiger partial charge in [-0.25, -0.2) is 0 Å². The second-order valence-corrected chi connectivity index (χ2v) is 4.65. The zero-order valence-electron chi connectivity index (χ0n) is 9.83. The van der Waals surface area contributed by atoms with Crippen molar-refractivity contribution in [1.29, 1.82) is 0 Å². The third kappa shape index (κ3) is 2.58. The minimum absolute atomic E-state index is 0.143. The topological polar surface area (TPSA) is 29.9 Å². The summed E-state index contributed by atoms with van der Waals surface area (Å²) in [5.74, 6) is 0. The molecular weight excluding hydrogens is 174 g/mol. The zero-order valence-corrected chi connectivity index (χ0v) is 9.83. The summed E-state index contributed by atoms with van der Waals surface area (Å²) in [5, 5.41) is 7.72. The summed E-state index contributed by atoms with van der Waals surface area (Å²) in [4.78, 5) is 0. The minimum Gasteiger partial charge on any atom is -0.317 e. The highest BCUT2D eigenvalue weighted by Crippen LogP contribution is 2.26. The van der Waals surface area contributed by atoms with Gasteiger partial charge in [0, 0.05) is 24.7 Å². The molecule has 0 aliphatic heterocycles. The van der Waals surface area contributed by atoms with Crippen LogP contribution in [-0.2, 0) is 12.5 Å². The molecule has 0 bridgehead atoms. The lowest BCUT2D eigenvalue weighted by Gasteiger charge is -2.26. The van der Waals surface area contributed by atoms with Gasteiger partial charge in [-0.2, -0.15) is 5.10 Å². The van der Waals surface area contributed by atoms with Crippen LogP contribution >= 0.6 is 0 Å². The largest absolute Gasteiger partial charge is 0.317 e. The van der Waals surface area contributed by atoms with Crippen molar-refractivity contribution in [3.05, 3.63) is 18.0 Å². The smallest absolute Gasteiger partial charge is 0.0681 e. The van der Waals surface area contributed by atoms with E-state index < -0.39 is 0 Å². The van der Waals surface area contributed by atoms with E-state index in [-0.39, 0.29) is 5.41 Å². The van der Waals surface area contributed by atoms with Crippen molar-refractivity contribution >= 4 is 0 Å². The maximum absolute atomic E-state index is 4.46. The summed E-state index contributed by atoms with van der Waals surface area (Å²) in [6.07, 6.45) is 3.10. The summed E-state index contributed by atoms with van der Waals surface area (Å²) >= 11 is 0. The lowest BCUT2D eigenvalue weighted by Crippen LogP contribution is -2.31. The predicted molar refractivity (Wildman–Crippen MR) is 59.4 cm³/mol. The van der Waals surface area contributed by atoms with Crippen LogP contribution in [0.15, 0.2) is 12.3 Å². The van der Waals surface area contributed by atoms with E-state index in [4.69, 9.17) is 0 Å². The molecule has 14 heavy (non-hydrogen) atoms. The van der Waals surface area contributed by atoms with Gasteiger partial charge < -0.3 is 5.32 Å². The quantitative estimate of drug-likeness (QED) is 0.792. The molecule has 1 heterocycles. The van der Waals surface area contributed by atoms with Gasteiger partial charge in [0.15, 0.2) is 0 Å². The van der Waals surface area contributed by atoms with Crippen molar-refractivity contribution in [2.45, 2.75) is 38.6 Å². The molecular formula is C11H21N3. The maximum Gasteiger partial charge on any atom is 0.0681 e. The van der Waals surface area contributed by atoms with Crippen LogP contribution < -0.4 is 5.32 Å². The molecule has 1 atom stereocenters. The molecule has 0 aliphatic carbocycles. The molecule has 1 unspecified atom stereocenters. The Balaban J connectivity index is 2.74. The molecule has 80 valence electrons. The third-order valence-electron chi connectivity index (χ3n) is 2.72. The number of nitrogens with one attached hydrogen (secondary N) is 1. The number of hydrogen-bond donors (Lipinski definition) is 1. The minimum atomic E-state index is 0.143. The van der Waals surface area contributed by atoms with E-state index >= 15 is 0 Å². The first-order valence-electron chi connectivity index (χ1n) is 5.13. The molecule has 1 aromatic heterocycles. The van der Waals surface area contributed by atoms with Crippen LogP contribution in [0.3, 0.4) is 0 Å². The molecule has 1 N–H and O–H groups in total. The Morgan fingerprint density at radius 1 is 1.57 bits per heavy atom. The van der Waals surface area contributed by atoms with Crippen LogP contribution in [0.2, 0.25) is 0 Å². The molecule has 0 radical (unpaired) electrons. The molecule has 3 heteroatoms. The van der Waals surface area contributed by atoms with Crippen LogP contribution in [0, 0.1) is 0 Å². The van der Waals surface area contributed by atoms with Gasteiger partial charge in [-0.3, -0.25) is 4.68 Å². The maximum atomic E-state index is 4.46. The van der Waals surface area contributed by atoms with E-state index in [2.05, 4.69) is 37.3 Å². The second-order valence-electron chi connectivity index (χ2n) is 4.65. The molecule has 1 aromatic rings. The van der Waals surface area contributed by atoms with Crippen molar-refractivity contribution in [3.8, 4) is 0 Å². The fourth-order valence-electron chi connectivity index (χ4n) is 1.75. The number of hydrogen-bond acceptors (Lipinski definition) is 2. The highest BCUT2D eigenvalue weighted by molar-refractivity contribution is 5.12. The van der Waals surface area contributed by atoms with Crippen LogP contribution in [0.1, 0.15) is 32.9 Å². The number of nitrogens with zero attached hydrogens (tertiary/aromatic N) is 2. The van der Waals surface area contributed by atoms with E-state index in [0.717, 1.165) is 6.42 Å². The Hall–Kier alpha value is -0.830. The average molecular weight is 195 g/mol. The normalized spacial score (nSPS) is 14.4. The standard InChI is InChI=1S/C11H21N3/c1-9(12-4)8-11(2,3)10-6-7-14(5)13-10/h6-7,9,12H,8H2,1-5H3. The summed E-state index contributed by atoms with van der Waals surface area (Å²) in [7, 11) is 3.96. The predicted octanol–water partition coefficient (Wildman–Crippen LogP) is 1.70. The molecule has 0 saturated heterocycles. The van der Waals surface area contributed by atoms with Gasteiger partial charge in [0.1, 0.15) is 0 Å². The van der Waals surface area contributed by atoms with Crippen LogP contribution in [-0.4, -0.2) is 22.9 Å². The summed E-state index contributed by atoms with van der Waals surface area (Å²) in [6.45, 7) is 6.68. The van der Waals surface area contributed by atoms with Crippen molar-refractivity contribution in [2.24, 2.45) is 7.05 Å². The van der Waals surface area contributed by atoms with Crippen LogP contribution in [0.25, 0.3) is 0 Å². The fraction of sp³-hybridized carbons (Fsp3) is 0.727. The number of rotatable bonds is 4. The van der Waals surface area contributed by atoms with Gasteiger partial charge in [-0.1, -0.05) is 13.8 Å². The van der Waals surface area contributed by atoms with Crippen molar-refractivity contribution < 1.29 is 0 Å². The number of aromatic nitrogens is 2. The fourth-order valence-corrected chi connectivity index (χ4v) is 1.75. The number of aryl methyl sites for hydroxylation is 1. The monoisotopic (exact) mass is 195 g/mol. The van der Waals surface area contributed by atoms with E-state index in [1.807, 2.05) is 25.0 Å². The third-order valence-corrected chi connectivity index (χ3v) is 2.72. The highest BCUT2D eigenvalue weighted by atomic mass is 15.2. The van der Waals surface area contributed by atoms with E-state index in [0.29, 0.717) is 6.04 Å². The van der Waals surface area contributed by atoms with Crippen LogP contribution in [0.4, 0.5) is 0 Å². The lowest BCUT2D eigenvalue weighted by atomic mass is 9.83. The Morgan fingerprint density at radius 2 is 2.21 bits per heavy atom. The van der Waals surface area contributed by atoms with E-state index in [9.17, 15) is 0 Å². The first-order chi connectivity index (χ1) is 6.45. The molecule has 0 amide bonds. The summed E-state index contributed by atoms with van der Waals surface area (Å²) < 4.78 is 1.86. The molecule has 1 rings (SSSR count). The molecule has 0 fully saturated rings. The van der Waals surface area contributed by atoms with Gasteiger partial charge in [-0.05, 0) is 26.5 Å². The Labute approximate surface area is 86.5 Å². The van der Waals surface area contributed by atoms with E-state index in [1.165, 1.54) is 5.69 Å². The summed E-state index contributed by atoms with van der Waals surface area (Å²) in [6, 6.07) is 2.62. The average Bonchev–Trinajstić information content (AvgIpc) is 2.51. The molecule has 0 spiro atoms. The van der Waals surface area contributed by atoms with Gasteiger partial charge in [0.2, 0.25) is 0 Å². The Morgan fingerprint density at radius 3 is 2.64 bits per heavy atom. The Kier molecular flexibility index (Phi) is 3.32. The lowest BCUT2D eigenvalue weighted by molar-refractivity contribution is 0.393.